The van der Waals surface area contributed by atoms with E-state index >= 15 is 0 Å². The van der Waals surface area contributed by atoms with Crippen LogP contribution >= 0.6 is 0 Å². The van der Waals surface area contributed by atoms with Crippen molar-refractivity contribution in [2.75, 3.05) is 19.6 Å². The molecule has 0 radical (unpaired) electrons. The minimum Gasteiger partial charge on any atom is -0.481 e. The van der Waals surface area contributed by atoms with Crippen LogP contribution in [0.15, 0.2) is 30.3 Å². The van der Waals surface area contributed by atoms with Crippen LogP contribution < -0.4 is 0 Å². The highest BCUT2D eigenvalue weighted by molar-refractivity contribution is 5.75. The molecule has 3 nitrogen and oxygen atoms in total. The van der Waals surface area contributed by atoms with Crippen LogP contribution in [0.25, 0.3) is 0 Å². The van der Waals surface area contributed by atoms with Crippen molar-refractivity contribution in [1.29, 1.82) is 0 Å². The molecule has 3 heterocycles. The maximum Gasteiger partial charge on any atom is 0.310 e. The number of carbonyl (C=O) groups is 1. The third kappa shape index (κ3) is 1.83. The summed E-state index contributed by atoms with van der Waals surface area (Å²) in [5, 5.41) is 9.64. The molecule has 3 aliphatic rings. The lowest BCUT2D eigenvalue weighted by Crippen LogP contribution is -2.58. The number of hydrogen-bond acceptors (Lipinski definition) is 2. The first kappa shape index (κ1) is 11.7. The molecule has 0 amide bonds. The average molecular weight is 245 g/mol. The van der Waals surface area contributed by atoms with Crippen molar-refractivity contribution in [2.24, 2.45) is 11.3 Å². The normalized spacial score (nSPS) is 34.4. The molecule has 18 heavy (non-hydrogen) atoms. The van der Waals surface area contributed by atoms with Gasteiger partial charge in [-0.1, -0.05) is 30.3 Å². The number of aliphatic carboxylic acids is 1. The molecule has 4 rings (SSSR count). The monoisotopic (exact) mass is 245 g/mol. The van der Waals surface area contributed by atoms with Crippen LogP contribution in [-0.2, 0) is 11.2 Å². The number of carboxylic acid groups (broad SMARTS) is 1. The van der Waals surface area contributed by atoms with Gasteiger partial charge in [-0.25, -0.2) is 0 Å². The largest absolute Gasteiger partial charge is 0.481 e. The molecule has 1 aromatic carbocycles. The fraction of sp³-hybridized carbons (Fsp3) is 0.533. The Bertz CT molecular complexity index is 435. The summed E-state index contributed by atoms with van der Waals surface area (Å²) in [5.74, 6) is -0.317. The third-order valence-corrected chi connectivity index (χ3v) is 4.76. The van der Waals surface area contributed by atoms with E-state index in [1.54, 1.807) is 0 Å². The van der Waals surface area contributed by atoms with Crippen LogP contribution in [0.3, 0.4) is 0 Å². The Kier molecular flexibility index (Phi) is 2.86. The van der Waals surface area contributed by atoms with Crippen molar-refractivity contribution in [1.82, 2.24) is 4.90 Å². The summed E-state index contributed by atoms with van der Waals surface area (Å²) in [6.45, 7) is 2.86. The van der Waals surface area contributed by atoms with Gasteiger partial charge >= 0.3 is 5.97 Å². The maximum atomic E-state index is 11.7. The molecule has 0 spiro atoms. The van der Waals surface area contributed by atoms with E-state index in [0.29, 0.717) is 0 Å². The second-order valence-electron chi connectivity index (χ2n) is 5.65. The second-order valence-corrected chi connectivity index (χ2v) is 5.65. The zero-order valence-electron chi connectivity index (χ0n) is 10.5. The van der Waals surface area contributed by atoms with Gasteiger partial charge in [0, 0.05) is 6.54 Å². The predicted octanol–water partition coefficient (Wildman–Crippen LogP) is 2.03. The molecule has 0 saturated carbocycles. The summed E-state index contributed by atoms with van der Waals surface area (Å²) in [6.07, 6.45) is 2.53. The molecule has 2 bridgehead atoms. The average Bonchev–Trinajstić information content (AvgIpc) is 2.41. The van der Waals surface area contributed by atoms with E-state index in [1.165, 1.54) is 5.56 Å². The number of benzene rings is 1. The zero-order chi connectivity index (χ0) is 12.6. The van der Waals surface area contributed by atoms with E-state index in [4.69, 9.17) is 0 Å². The number of fused-ring (bicyclic) bond motifs is 3. The molecule has 0 aliphatic carbocycles. The molecule has 0 aromatic heterocycles. The lowest BCUT2D eigenvalue weighted by atomic mass is 9.63. The molecule has 1 atom stereocenters. The zero-order valence-corrected chi connectivity index (χ0v) is 10.5. The molecule has 3 aliphatic heterocycles. The number of nitrogens with zero attached hydrogens (tertiary/aromatic N) is 1. The Labute approximate surface area is 107 Å². The Morgan fingerprint density at radius 1 is 1.28 bits per heavy atom. The van der Waals surface area contributed by atoms with Crippen molar-refractivity contribution < 1.29 is 9.90 Å². The van der Waals surface area contributed by atoms with Crippen LogP contribution in [0.5, 0.6) is 0 Å². The lowest BCUT2D eigenvalue weighted by Gasteiger charge is -2.51. The quantitative estimate of drug-likeness (QED) is 0.885. The predicted molar refractivity (Wildman–Crippen MR) is 69.4 cm³/mol. The van der Waals surface area contributed by atoms with Crippen LogP contribution in [0.4, 0.5) is 0 Å². The lowest BCUT2D eigenvalue weighted by molar-refractivity contribution is -0.163. The van der Waals surface area contributed by atoms with Gasteiger partial charge in [0.15, 0.2) is 0 Å². The second kappa shape index (κ2) is 4.39. The van der Waals surface area contributed by atoms with Crippen LogP contribution in [-0.4, -0.2) is 35.6 Å². The fourth-order valence-electron chi connectivity index (χ4n) is 3.58. The Hall–Kier alpha value is -1.35. The molecule has 1 unspecified atom stereocenters. The van der Waals surface area contributed by atoms with Crippen molar-refractivity contribution in [2.45, 2.75) is 19.3 Å². The molecule has 1 aromatic rings. The number of rotatable bonds is 3. The summed E-state index contributed by atoms with van der Waals surface area (Å²) in [5.41, 5.74) is 0.793. The van der Waals surface area contributed by atoms with Gasteiger partial charge in [0.1, 0.15) is 0 Å². The number of piperidine rings is 3. The highest BCUT2D eigenvalue weighted by atomic mass is 16.4. The highest BCUT2D eigenvalue weighted by Crippen LogP contribution is 2.45. The summed E-state index contributed by atoms with van der Waals surface area (Å²) in [6, 6.07) is 10.3. The Morgan fingerprint density at radius 2 is 1.94 bits per heavy atom. The van der Waals surface area contributed by atoms with E-state index in [0.717, 1.165) is 38.9 Å². The fourth-order valence-corrected chi connectivity index (χ4v) is 3.58. The molecule has 1 N–H and O–H groups in total. The van der Waals surface area contributed by atoms with Crippen molar-refractivity contribution in [3.63, 3.8) is 0 Å². The summed E-state index contributed by atoms with van der Waals surface area (Å²) in [7, 11) is 0. The number of hydrogen-bond donors (Lipinski definition) is 1. The van der Waals surface area contributed by atoms with E-state index in [2.05, 4.69) is 17.0 Å². The first-order valence-corrected chi connectivity index (χ1v) is 6.70. The van der Waals surface area contributed by atoms with Gasteiger partial charge in [0.25, 0.3) is 0 Å². The van der Waals surface area contributed by atoms with E-state index in [1.807, 2.05) is 18.2 Å². The molecule has 3 saturated heterocycles. The smallest absolute Gasteiger partial charge is 0.310 e. The third-order valence-electron chi connectivity index (χ3n) is 4.76. The standard InChI is InChI=1S/C15H19NO2/c17-14(18)15-6-8-16(9-7-15)11-13(15)10-12-4-2-1-3-5-12/h1-5,13H,6-11H2,(H,17,18). The molecule has 3 heteroatoms. The maximum absolute atomic E-state index is 11.7. The molecular formula is C15H19NO2. The summed E-state index contributed by atoms with van der Waals surface area (Å²) >= 11 is 0. The van der Waals surface area contributed by atoms with E-state index in [-0.39, 0.29) is 5.92 Å². The van der Waals surface area contributed by atoms with Crippen molar-refractivity contribution in [3.05, 3.63) is 35.9 Å². The highest BCUT2D eigenvalue weighted by Gasteiger charge is 2.51. The van der Waals surface area contributed by atoms with Crippen LogP contribution in [0.1, 0.15) is 18.4 Å². The van der Waals surface area contributed by atoms with Gasteiger partial charge in [-0.05, 0) is 43.8 Å². The first-order valence-electron chi connectivity index (χ1n) is 6.70. The van der Waals surface area contributed by atoms with Gasteiger partial charge < -0.3 is 10.0 Å². The van der Waals surface area contributed by atoms with Gasteiger partial charge in [0.05, 0.1) is 5.41 Å². The molecular weight excluding hydrogens is 226 g/mol. The van der Waals surface area contributed by atoms with Gasteiger partial charge in [-0.15, -0.1) is 0 Å². The van der Waals surface area contributed by atoms with E-state index in [9.17, 15) is 9.90 Å². The minimum absolute atomic E-state index is 0.264. The van der Waals surface area contributed by atoms with Crippen molar-refractivity contribution in [3.8, 4) is 0 Å². The summed E-state index contributed by atoms with van der Waals surface area (Å²) < 4.78 is 0. The number of carboxylic acids is 1. The van der Waals surface area contributed by atoms with Gasteiger partial charge in [-0.3, -0.25) is 4.79 Å². The van der Waals surface area contributed by atoms with Crippen molar-refractivity contribution >= 4 is 5.97 Å². The molecule has 96 valence electrons. The Morgan fingerprint density at radius 3 is 2.56 bits per heavy atom. The molecule has 3 fully saturated rings. The summed E-state index contributed by atoms with van der Waals surface area (Å²) in [4.78, 5) is 14.1. The van der Waals surface area contributed by atoms with Gasteiger partial charge in [-0.2, -0.15) is 0 Å². The Balaban J connectivity index is 1.84. The topological polar surface area (TPSA) is 40.5 Å². The van der Waals surface area contributed by atoms with E-state index < -0.39 is 11.4 Å². The SMILES string of the molecule is O=C(O)C12CCN(CC1)CC2Cc1ccccc1. The minimum atomic E-state index is -0.581. The van der Waals surface area contributed by atoms with Gasteiger partial charge in [0.2, 0.25) is 0 Å². The van der Waals surface area contributed by atoms with Crippen LogP contribution in [0.2, 0.25) is 0 Å². The van der Waals surface area contributed by atoms with Crippen LogP contribution in [0, 0.1) is 11.3 Å². The first-order chi connectivity index (χ1) is 8.71.